The van der Waals surface area contributed by atoms with Crippen LogP contribution in [-0.4, -0.2) is 29.9 Å². The van der Waals surface area contributed by atoms with E-state index in [1.54, 1.807) is 0 Å². The molecule has 1 aliphatic heterocycles. The number of nitrogens with two attached hydrogens (primary N) is 1. The molecule has 3 heteroatoms. The third kappa shape index (κ3) is 3.48. The van der Waals surface area contributed by atoms with Crippen LogP contribution in [0.15, 0.2) is 0 Å². The predicted octanol–water partition coefficient (Wildman–Crippen LogP) is 2.01. The normalized spacial score (nSPS) is 25.6. The fourth-order valence-corrected chi connectivity index (χ4v) is 1.98. The quantitative estimate of drug-likeness (QED) is 0.743. The first-order valence-electron chi connectivity index (χ1n) is 6.15. The molecular formula is C13H26N2O. The van der Waals surface area contributed by atoms with Crippen molar-refractivity contribution in [2.45, 2.75) is 53.5 Å². The highest BCUT2D eigenvalue weighted by atomic mass is 16.2. The lowest BCUT2D eigenvalue weighted by atomic mass is 9.78. The summed E-state index contributed by atoms with van der Waals surface area (Å²) in [5, 5.41) is 0. The number of piperidine rings is 1. The Morgan fingerprint density at radius 2 is 2.00 bits per heavy atom. The average Bonchev–Trinajstić information content (AvgIpc) is 2.06. The van der Waals surface area contributed by atoms with Crippen LogP contribution in [0.25, 0.3) is 0 Å². The zero-order valence-electron chi connectivity index (χ0n) is 11.3. The van der Waals surface area contributed by atoms with Gasteiger partial charge in [0.2, 0.25) is 5.91 Å². The van der Waals surface area contributed by atoms with E-state index in [4.69, 9.17) is 5.73 Å². The summed E-state index contributed by atoms with van der Waals surface area (Å²) in [6, 6.07) is 0.102. The number of carbonyl (C=O) groups is 1. The number of amides is 1. The highest BCUT2D eigenvalue weighted by Crippen LogP contribution is 2.30. The SMILES string of the molecule is CC(C)(C)CC(=O)N1CCC(C)(C)C(N)C1. The lowest BCUT2D eigenvalue weighted by Crippen LogP contribution is -2.54. The molecule has 0 aromatic heterocycles. The van der Waals surface area contributed by atoms with Crippen molar-refractivity contribution in [1.29, 1.82) is 0 Å². The van der Waals surface area contributed by atoms with Gasteiger partial charge in [-0.2, -0.15) is 0 Å². The zero-order valence-corrected chi connectivity index (χ0v) is 11.3. The van der Waals surface area contributed by atoms with E-state index in [2.05, 4.69) is 34.6 Å². The summed E-state index contributed by atoms with van der Waals surface area (Å²) in [4.78, 5) is 14.0. The molecule has 2 N–H and O–H groups in total. The van der Waals surface area contributed by atoms with Crippen LogP contribution in [0.1, 0.15) is 47.5 Å². The van der Waals surface area contributed by atoms with Gasteiger partial charge in [-0.3, -0.25) is 4.79 Å². The first-order chi connectivity index (χ1) is 7.12. The van der Waals surface area contributed by atoms with Crippen molar-refractivity contribution in [3.05, 3.63) is 0 Å². The maximum Gasteiger partial charge on any atom is 0.223 e. The first-order valence-corrected chi connectivity index (χ1v) is 6.15. The van der Waals surface area contributed by atoms with Gasteiger partial charge in [-0.1, -0.05) is 34.6 Å². The Labute approximate surface area is 99.4 Å². The second-order valence-electron chi connectivity index (χ2n) is 6.92. The van der Waals surface area contributed by atoms with E-state index in [-0.39, 0.29) is 22.8 Å². The molecule has 0 saturated carbocycles. The van der Waals surface area contributed by atoms with Gasteiger partial charge in [0.25, 0.3) is 0 Å². The average molecular weight is 226 g/mol. The third-order valence-corrected chi connectivity index (χ3v) is 3.48. The van der Waals surface area contributed by atoms with Crippen molar-refractivity contribution in [2.75, 3.05) is 13.1 Å². The minimum Gasteiger partial charge on any atom is -0.341 e. The van der Waals surface area contributed by atoms with E-state index in [0.29, 0.717) is 13.0 Å². The summed E-state index contributed by atoms with van der Waals surface area (Å²) in [7, 11) is 0. The Kier molecular flexibility index (Phi) is 3.68. The second kappa shape index (κ2) is 4.36. The minimum absolute atomic E-state index is 0.0636. The fraction of sp³-hybridized carbons (Fsp3) is 0.923. The Morgan fingerprint density at radius 3 is 2.44 bits per heavy atom. The van der Waals surface area contributed by atoms with Gasteiger partial charge >= 0.3 is 0 Å². The van der Waals surface area contributed by atoms with Gasteiger partial charge in [0.05, 0.1) is 0 Å². The van der Waals surface area contributed by atoms with Crippen molar-refractivity contribution in [3.63, 3.8) is 0 Å². The van der Waals surface area contributed by atoms with E-state index < -0.39 is 0 Å². The molecular weight excluding hydrogens is 200 g/mol. The van der Waals surface area contributed by atoms with Crippen LogP contribution >= 0.6 is 0 Å². The number of hydrogen-bond acceptors (Lipinski definition) is 2. The van der Waals surface area contributed by atoms with Gasteiger partial charge in [0.1, 0.15) is 0 Å². The molecule has 1 amide bonds. The van der Waals surface area contributed by atoms with Crippen LogP contribution in [0.4, 0.5) is 0 Å². The lowest BCUT2D eigenvalue weighted by Gasteiger charge is -2.42. The van der Waals surface area contributed by atoms with E-state index in [1.807, 2.05) is 4.90 Å². The molecule has 1 aliphatic rings. The molecule has 0 spiro atoms. The predicted molar refractivity (Wildman–Crippen MR) is 67.0 cm³/mol. The van der Waals surface area contributed by atoms with Gasteiger partial charge in [-0.05, 0) is 17.3 Å². The summed E-state index contributed by atoms with van der Waals surface area (Å²) in [5.74, 6) is 0.249. The number of carbonyl (C=O) groups excluding carboxylic acids is 1. The smallest absolute Gasteiger partial charge is 0.223 e. The first kappa shape index (κ1) is 13.5. The van der Waals surface area contributed by atoms with E-state index in [0.717, 1.165) is 13.0 Å². The number of nitrogens with zero attached hydrogens (tertiary/aromatic N) is 1. The van der Waals surface area contributed by atoms with Crippen molar-refractivity contribution < 1.29 is 4.79 Å². The largest absolute Gasteiger partial charge is 0.341 e. The zero-order chi connectivity index (χ0) is 12.6. The molecule has 0 aromatic rings. The van der Waals surface area contributed by atoms with Gasteiger partial charge < -0.3 is 10.6 Å². The molecule has 1 saturated heterocycles. The topological polar surface area (TPSA) is 46.3 Å². The number of rotatable bonds is 1. The third-order valence-electron chi connectivity index (χ3n) is 3.48. The maximum atomic E-state index is 12.0. The Balaban J connectivity index is 2.55. The summed E-state index contributed by atoms with van der Waals surface area (Å²) in [6.07, 6.45) is 1.62. The van der Waals surface area contributed by atoms with Crippen molar-refractivity contribution in [1.82, 2.24) is 4.90 Å². The highest BCUT2D eigenvalue weighted by molar-refractivity contribution is 5.77. The molecule has 0 bridgehead atoms. The monoisotopic (exact) mass is 226 g/mol. The molecule has 1 rings (SSSR count). The molecule has 3 nitrogen and oxygen atoms in total. The van der Waals surface area contributed by atoms with Gasteiger partial charge in [-0.15, -0.1) is 0 Å². The van der Waals surface area contributed by atoms with Gasteiger partial charge in [0, 0.05) is 25.6 Å². The van der Waals surface area contributed by atoms with Crippen LogP contribution in [0, 0.1) is 10.8 Å². The minimum atomic E-state index is 0.0636. The van der Waals surface area contributed by atoms with E-state index in [9.17, 15) is 4.79 Å². The van der Waals surface area contributed by atoms with Crippen molar-refractivity contribution >= 4 is 5.91 Å². The van der Waals surface area contributed by atoms with Crippen molar-refractivity contribution in [3.8, 4) is 0 Å². The molecule has 1 heterocycles. The molecule has 94 valence electrons. The Bertz CT molecular complexity index is 266. The number of hydrogen-bond donors (Lipinski definition) is 1. The van der Waals surface area contributed by atoms with Crippen LogP contribution in [-0.2, 0) is 4.79 Å². The van der Waals surface area contributed by atoms with E-state index in [1.165, 1.54) is 0 Å². The van der Waals surface area contributed by atoms with Gasteiger partial charge in [-0.25, -0.2) is 0 Å². The number of likely N-dealkylation sites (tertiary alicyclic amines) is 1. The maximum absolute atomic E-state index is 12.0. The summed E-state index contributed by atoms with van der Waals surface area (Å²) in [5.41, 5.74) is 6.34. The fourth-order valence-electron chi connectivity index (χ4n) is 1.98. The summed E-state index contributed by atoms with van der Waals surface area (Å²) in [6.45, 7) is 12.2. The molecule has 1 atom stereocenters. The Morgan fingerprint density at radius 1 is 1.44 bits per heavy atom. The van der Waals surface area contributed by atoms with E-state index >= 15 is 0 Å². The van der Waals surface area contributed by atoms with Crippen LogP contribution < -0.4 is 5.73 Å². The molecule has 0 radical (unpaired) electrons. The molecule has 16 heavy (non-hydrogen) atoms. The highest BCUT2D eigenvalue weighted by Gasteiger charge is 2.35. The second-order valence-corrected chi connectivity index (χ2v) is 6.92. The molecule has 0 aromatic carbocycles. The standard InChI is InChI=1S/C13H26N2O/c1-12(2,3)8-11(16)15-7-6-13(4,5)10(14)9-15/h10H,6-9,14H2,1-5H3. The molecule has 1 fully saturated rings. The summed E-state index contributed by atoms with van der Waals surface area (Å²) >= 11 is 0. The molecule has 0 aliphatic carbocycles. The van der Waals surface area contributed by atoms with Crippen LogP contribution in [0.3, 0.4) is 0 Å². The van der Waals surface area contributed by atoms with Gasteiger partial charge in [0.15, 0.2) is 0 Å². The van der Waals surface area contributed by atoms with Crippen LogP contribution in [0.2, 0.25) is 0 Å². The molecule has 1 unspecified atom stereocenters. The Hall–Kier alpha value is -0.570. The summed E-state index contributed by atoms with van der Waals surface area (Å²) < 4.78 is 0. The van der Waals surface area contributed by atoms with Crippen LogP contribution in [0.5, 0.6) is 0 Å². The lowest BCUT2D eigenvalue weighted by molar-refractivity contribution is -0.135. The van der Waals surface area contributed by atoms with Crippen molar-refractivity contribution in [2.24, 2.45) is 16.6 Å².